The quantitative estimate of drug-likeness (QED) is 0.790. The summed E-state index contributed by atoms with van der Waals surface area (Å²) in [6.07, 6.45) is 7.72. The molecule has 1 aromatic heterocycles. The number of thioether (sulfide) groups is 1. The monoisotopic (exact) mass is 330 g/mol. The van der Waals surface area contributed by atoms with Crippen molar-refractivity contribution < 1.29 is 4.79 Å². The summed E-state index contributed by atoms with van der Waals surface area (Å²) in [6.45, 7) is 0. The lowest BCUT2D eigenvalue weighted by atomic mass is 9.94. The van der Waals surface area contributed by atoms with Crippen LogP contribution in [-0.4, -0.2) is 44.4 Å². The number of amides is 1. The van der Waals surface area contributed by atoms with Crippen LogP contribution in [0.5, 0.6) is 0 Å². The van der Waals surface area contributed by atoms with E-state index in [1.807, 2.05) is 42.3 Å². The van der Waals surface area contributed by atoms with E-state index in [2.05, 4.69) is 10.1 Å². The van der Waals surface area contributed by atoms with Crippen LogP contribution in [0.1, 0.15) is 32.1 Å². The number of rotatable bonds is 5. The molecule has 1 saturated carbocycles. The third-order valence-corrected chi connectivity index (χ3v) is 5.17. The zero-order valence-electron chi connectivity index (χ0n) is 13.4. The standard InChI is InChI=1S/C17H22N4OS/c1-20(14-8-4-2-5-9-14)16(22)12-23-17-18-13-21(19-17)15-10-6-3-7-11-15/h3,6-7,10-11,13-14H,2,4-5,8-9,12H2,1H3. The molecule has 5 nitrogen and oxygen atoms in total. The number of benzene rings is 1. The molecule has 0 aliphatic heterocycles. The minimum absolute atomic E-state index is 0.165. The highest BCUT2D eigenvalue weighted by Gasteiger charge is 2.22. The second kappa shape index (κ2) is 7.64. The van der Waals surface area contributed by atoms with Crippen LogP contribution in [0.15, 0.2) is 41.8 Å². The largest absolute Gasteiger partial charge is 0.342 e. The maximum Gasteiger partial charge on any atom is 0.233 e. The first-order valence-corrected chi connectivity index (χ1v) is 9.08. The summed E-state index contributed by atoms with van der Waals surface area (Å²) in [6, 6.07) is 10.3. The Morgan fingerprint density at radius 2 is 2.00 bits per heavy atom. The molecule has 0 unspecified atom stereocenters. The Bertz CT molecular complexity index is 637. The van der Waals surface area contributed by atoms with Crippen molar-refractivity contribution in [1.29, 1.82) is 0 Å². The van der Waals surface area contributed by atoms with Gasteiger partial charge in [-0.15, -0.1) is 5.10 Å². The molecule has 6 heteroatoms. The molecule has 3 rings (SSSR count). The van der Waals surface area contributed by atoms with Gasteiger partial charge in [0.1, 0.15) is 6.33 Å². The van der Waals surface area contributed by atoms with Crippen molar-refractivity contribution in [2.45, 2.75) is 43.3 Å². The molecule has 1 heterocycles. The lowest BCUT2D eigenvalue weighted by Gasteiger charge is -2.31. The third kappa shape index (κ3) is 4.13. The summed E-state index contributed by atoms with van der Waals surface area (Å²) in [7, 11) is 1.93. The summed E-state index contributed by atoms with van der Waals surface area (Å²) >= 11 is 1.40. The van der Waals surface area contributed by atoms with E-state index < -0.39 is 0 Å². The van der Waals surface area contributed by atoms with E-state index in [0.717, 1.165) is 18.5 Å². The van der Waals surface area contributed by atoms with Crippen LogP contribution in [0.4, 0.5) is 0 Å². The van der Waals surface area contributed by atoms with E-state index in [4.69, 9.17) is 0 Å². The van der Waals surface area contributed by atoms with Gasteiger partial charge in [-0.25, -0.2) is 9.67 Å². The molecule has 1 aromatic carbocycles. The van der Waals surface area contributed by atoms with Crippen molar-refractivity contribution in [2.24, 2.45) is 0 Å². The summed E-state index contributed by atoms with van der Waals surface area (Å²) in [5, 5.41) is 5.06. The Balaban J connectivity index is 1.54. The highest BCUT2D eigenvalue weighted by atomic mass is 32.2. The first-order valence-electron chi connectivity index (χ1n) is 8.09. The van der Waals surface area contributed by atoms with Crippen molar-refractivity contribution in [2.75, 3.05) is 12.8 Å². The topological polar surface area (TPSA) is 51.0 Å². The van der Waals surface area contributed by atoms with E-state index in [-0.39, 0.29) is 5.91 Å². The highest BCUT2D eigenvalue weighted by molar-refractivity contribution is 7.99. The van der Waals surface area contributed by atoms with Crippen LogP contribution in [0, 0.1) is 0 Å². The predicted octanol–water partition coefficient (Wildman–Crippen LogP) is 3.15. The fraction of sp³-hybridized carbons (Fsp3) is 0.471. The van der Waals surface area contributed by atoms with Gasteiger partial charge in [-0.2, -0.15) is 0 Å². The SMILES string of the molecule is CN(C(=O)CSc1ncn(-c2ccccc2)n1)C1CCCCC1. The van der Waals surface area contributed by atoms with Crippen LogP contribution in [0.25, 0.3) is 5.69 Å². The fourth-order valence-corrected chi connectivity index (χ4v) is 3.64. The smallest absolute Gasteiger partial charge is 0.233 e. The van der Waals surface area contributed by atoms with Gasteiger partial charge in [0.2, 0.25) is 11.1 Å². The molecule has 0 radical (unpaired) electrons. The first-order chi connectivity index (χ1) is 11.2. The van der Waals surface area contributed by atoms with Crippen LogP contribution in [0.2, 0.25) is 0 Å². The van der Waals surface area contributed by atoms with Crippen LogP contribution >= 0.6 is 11.8 Å². The van der Waals surface area contributed by atoms with E-state index in [1.54, 1.807) is 11.0 Å². The maximum absolute atomic E-state index is 12.3. The van der Waals surface area contributed by atoms with Gasteiger partial charge >= 0.3 is 0 Å². The average molecular weight is 330 g/mol. The summed E-state index contributed by atoms with van der Waals surface area (Å²) < 4.78 is 1.73. The van der Waals surface area contributed by atoms with E-state index >= 15 is 0 Å². The van der Waals surface area contributed by atoms with Gasteiger partial charge < -0.3 is 4.90 Å². The number of carbonyl (C=O) groups is 1. The van der Waals surface area contributed by atoms with E-state index in [0.29, 0.717) is 17.0 Å². The van der Waals surface area contributed by atoms with Crippen molar-refractivity contribution in [1.82, 2.24) is 19.7 Å². The Labute approximate surface area is 141 Å². The van der Waals surface area contributed by atoms with Crippen molar-refractivity contribution in [3.8, 4) is 5.69 Å². The van der Waals surface area contributed by atoms with E-state index in [9.17, 15) is 4.79 Å². The van der Waals surface area contributed by atoms with Crippen molar-refractivity contribution in [3.63, 3.8) is 0 Å². The molecule has 0 spiro atoms. The summed E-state index contributed by atoms with van der Waals surface area (Å²) in [5.74, 6) is 0.559. The number of para-hydroxylation sites is 1. The number of hydrogen-bond acceptors (Lipinski definition) is 4. The Kier molecular flexibility index (Phi) is 5.33. The molecule has 0 bridgehead atoms. The van der Waals surface area contributed by atoms with Crippen LogP contribution in [-0.2, 0) is 4.79 Å². The molecular weight excluding hydrogens is 308 g/mol. The number of aromatic nitrogens is 3. The van der Waals surface area contributed by atoms with Gasteiger partial charge in [0.15, 0.2) is 0 Å². The maximum atomic E-state index is 12.3. The van der Waals surface area contributed by atoms with Gasteiger partial charge in [0.25, 0.3) is 0 Å². The Hall–Kier alpha value is -1.82. The fourth-order valence-electron chi connectivity index (χ4n) is 2.92. The molecule has 1 aliphatic rings. The lowest BCUT2D eigenvalue weighted by Crippen LogP contribution is -2.39. The number of hydrogen-bond donors (Lipinski definition) is 0. The molecule has 23 heavy (non-hydrogen) atoms. The number of nitrogens with zero attached hydrogens (tertiary/aromatic N) is 4. The van der Waals surface area contributed by atoms with Crippen LogP contribution in [0.3, 0.4) is 0 Å². The second-order valence-corrected chi connectivity index (χ2v) is 6.83. The van der Waals surface area contributed by atoms with E-state index in [1.165, 1.54) is 31.0 Å². The minimum atomic E-state index is 0.165. The van der Waals surface area contributed by atoms with Gasteiger partial charge in [0.05, 0.1) is 11.4 Å². The van der Waals surface area contributed by atoms with Gasteiger partial charge in [-0.05, 0) is 25.0 Å². The van der Waals surface area contributed by atoms with Crippen molar-refractivity contribution >= 4 is 17.7 Å². The molecular formula is C17H22N4OS. The van der Waals surface area contributed by atoms with Crippen molar-refractivity contribution in [3.05, 3.63) is 36.7 Å². The third-order valence-electron chi connectivity index (χ3n) is 4.33. The highest BCUT2D eigenvalue weighted by Crippen LogP contribution is 2.23. The molecule has 0 saturated heterocycles. The number of carbonyl (C=O) groups excluding carboxylic acids is 1. The average Bonchev–Trinajstić information content (AvgIpc) is 3.09. The second-order valence-electron chi connectivity index (χ2n) is 5.89. The summed E-state index contributed by atoms with van der Waals surface area (Å²) in [4.78, 5) is 18.5. The lowest BCUT2D eigenvalue weighted by molar-refractivity contribution is -0.129. The molecule has 0 atom stereocenters. The zero-order valence-corrected chi connectivity index (χ0v) is 14.2. The molecule has 0 N–H and O–H groups in total. The molecule has 2 aromatic rings. The normalized spacial score (nSPS) is 15.5. The van der Waals surface area contributed by atoms with Gasteiger partial charge in [-0.3, -0.25) is 4.79 Å². The molecule has 122 valence electrons. The molecule has 1 amide bonds. The zero-order chi connectivity index (χ0) is 16.1. The molecule has 1 aliphatic carbocycles. The Morgan fingerprint density at radius 3 is 2.74 bits per heavy atom. The van der Waals surface area contributed by atoms with Gasteiger partial charge in [0, 0.05) is 13.1 Å². The minimum Gasteiger partial charge on any atom is -0.342 e. The first kappa shape index (κ1) is 16.1. The Morgan fingerprint density at radius 1 is 1.26 bits per heavy atom. The van der Waals surface area contributed by atoms with Crippen LogP contribution < -0.4 is 0 Å². The van der Waals surface area contributed by atoms with Gasteiger partial charge in [-0.1, -0.05) is 49.2 Å². The summed E-state index contributed by atoms with van der Waals surface area (Å²) in [5.41, 5.74) is 0.970. The molecule has 1 fully saturated rings. The predicted molar refractivity (Wildman–Crippen MR) is 91.7 cm³/mol.